The summed E-state index contributed by atoms with van der Waals surface area (Å²) in [4.78, 5) is 124. The molecule has 0 radical (unpaired) electrons. The van der Waals surface area contributed by atoms with Crippen LogP contribution < -0.4 is 54.2 Å². The van der Waals surface area contributed by atoms with Gasteiger partial charge in [0.25, 0.3) is 5.56 Å². The van der Waals surface area contributed by atoms with E-state index in [4.69, 9.17) is 66.8 Å². The number of nitrogens with zero attached hydrogens (tertiary/aromatic N) is 19. The van der Waals surface area contributed by atoms with Gasteiger partial charge in [-0.1, -0.05) is 48.0 Å². The highest BCUT2D eigenvalue weighted by Crippen LogP contribution is 2.37. The lowest BCUT2D eigenvalue weighted by Crippen LogP contribution is -2.25. The van der Waals surface area contributed by atoms with Crippen molar-refractivity contribution >= 4 is 119 Å². The predicted octanol–water partition coefficient (Wildman–Crippen LogP) is 14.0. The summed E-state index contributed by atoms with van der Waals surface area (Å²) in [6.07, 6.45) is 22.4. The summed E-state index contributed by atoms with van der Waals surface area (Å²) in [5.41, 5.74) is 63.1. The number of aryl methyl sites for hydroxylation is 1. The molecule has 6 aromatic carbocycles. The highest BCUT2D eigenvalue weighted by molar-refractivity contribution is 6.30. The van der Waals surface area contributed by atoms with Gasteiger partial charge in [0, 0.05) is 152 Å². The topological polar surface area (TPSA) is 485 Å². The van der Waals surface area contributed by atoms with E-state index < -0.39 is 0 Å². The smallest absolute Gasteiger partial charge is 0.272 e. The maximum atomic E-state index is 13.7. The predicted molar refractivity (Wildman–Crippen MR) is 559 cm³/mol. The third-order valence-corrected chi connectivity index (χ3v) is 25.9. The van der Waals surface area contributed by atoms with Crippen molar-refractivity contribution in [3.63, 3.8) is 0 Å². The van der Waals surface area contributed by atoms with Crippen LogP contribution in [0.15, 0.2) is 280 Å². The first-order chi connectivity index (χ1) is 71.1. The normalized spacial score (nSPS) is 13.8. The second-order valence-electron chi connectivity index (χ2n) is 34.6. The molecule has 13 aromatic heterocycles. The minimum absolute atomic E-state index is 0.0185. The lowest BCUT2D eigenvalue weighted by molar-refractivity contribution is 0.0992. The van der Waals surface area contributed by atoms with Crippen LogP contribution in [0.1, 0.15) is 111 Å². The molecule has 0 bridgehead atoms. The van der Waals surface area contributed by atoms with Crippen molar-refractivity contribution in [1.82, 2.24) is 66.5 Å². The molecule has 6 aliphatic rings. The summed E-state index contributed by atoms with van der Waals surface area (Å²) in [6, 6.07) is 55.7. The van der Waals surface area contributed by atoms with Crippen LogP contribution in [-0.4, -0.2) is 209 Å². The highest BCUT2D eigenvalue weighted by atomic mass is 35.5. The average Bonchev–Trinajstić information content (AvgIpc) is 1.61. The summed E-state index contributed by atoms with van der Waals surface area (Å²) in [5.74, 6) is 2.12. The number of pyridine rings is 6. The molecular weight excluding hydrogens is 1870 g/mol. The molecule has 0 saturated heterocycles. The Morgan fingerprint density at radius 2 is 0.788 bits per heavy atom. The summed E-state index contributed by atoms with van der Waals surface area (Å²) in [5, 5.41) is 8.39. The lowest BCUT2D eigenvalue weighted by atomic mass is 9.93. The fraction of sp³-hybridized carbons (Fsp3) is 0.165. The van der Waals surface area contributed by atoms with Gasteiger partial charge in [0.1, 0.15) is 89.7 Å². The number of nitrogens with one attached hydrogen (secondary N) is 1. The number of fused-ring (bicyclic) bond motifs is 12. The summed E-state index contributed by atoms with van der Waals surface area (Å²) in [7, 11) is 1.63. The number of ketones is 5. The van der Waals surface area contributed by atoms with Crippen LogP contribution in [0.2, 0.25) is 5.02 Å². The number of hydrogen-bond acceptors (Lipinski definition) is 27. The van der Waals surface area contributed by atoms with Crippen LogP contribution in [0.5, 0.6) is 17.2 Å². The standard InChI is InChI=1S/C20H18N4O2.C19H18N4O2.C18H15FN4O.C18H16N4O2.C17H13ClN4O.C17H12N6O/c21-8-17-16-7-12(1-5-15(16)19(25)10-22-17)18-9-23-20-6-4-14(11-24(18)20)26-13-2-3-13;1-2-25-13-4-6-19-22-9-17(23(19)11-13)12-3-5-14-15(7-12)16(8-20)21-10-18(14)24;1-10-18(23-9-12(19)3-5-17(23)22-10)11-2-4-13-14(6-11)15(7-20)21-8-16(13)24;1-24-12-3-5-18-21-8-16(22(18)10-12)11-2-4-13-14(6-11)15(7-19)20-9-17(13)23;18-11-2-4-17-21-7-15(22(17)9-11)10-1-3-12-13(5-10)14(6-19)20-8-16(12)23;1-19-11-4-5-23-15(9-20-16(23)7-11)10-2-3-12-13(6-10)14(8-18)21-22-17(12)24/h1,4-7,9,11,13H,2-3,8,10,21H2;3-7,9,11H,2,8,10,20H2,1H3;2-6,9H,7-8,20H2,1H3;2-6,8,10H,7,9,19H2,1H3;1-5,7,9H,6,8,19H2;2-7,9H,8,18H2,(H,22,24). The first kappa shape index (κ1) is 95.7. The van der Waals surface area contributed by atoms with Crippen molar-refractivity contribution in [1.29, 1.82) is 0 Å². The van der Waals surface area contributed by atoms with Crippen molar-refractivity contribution in [2.75, 3.05) is 79.2 Å². The highest BCUT2D eigenvalue weighted by Gasteiger charge is 2.30. The van der Waals surface area contributed by atoms with Gasteiger partial charge in [0.05, 0.1) is 160 Å². The fourth-order valence-electron chi connectivity index (χ4n) is 18.3. The van der Waals surface area contributed by atoms with Gasteiger partial charge in [-0.15, -0.1) is 0 Å². The van der Waals surface area contributed by atoms with E-state index in [1.165, 1.54) is 12.3 Å². The Hall–Kier alpha value is -17.8. The van der Waals surface area contributed by atoms with E-state index in [-0.39, 0.29) is 86.1 Å². The van der Waals surface area contributed by atoms with E-state index in [2.05, 4.69) is 69.9 Å². The first-order valence-electron chi connectivity index (χ1n) is 46.8. The Morgan fingerprint density at radius 3 is 1.22 bits per heavy atom. The minimum atomic E-state index is -0.335. The first-order valence-corrected chi connectivity index (χ1v) is 47.1. The number of aromatic nitrogens is 14. The molecule has 1 aliphatic carbocycles. The van der Waals surface area contributed by atoms with Crippen LogP contribution in [0, 0.1) is 19.3 Å². The number of Topliss-reactive ketones (excluding diaryl/α,β-unsaturated/α-hetero) is 5. The van der Waals surface area contributed by atoms with E-state index in [1.54, 1.807) is 66.5 Å². The molecule has 0 amide bonds. The molecule has 5 aliphatic heterocycles. The molecule has 0 spiro atoms. The number of aromatic amines is 1. The van der Waals surface area contributed by atoms with Crippen LogP contribution in [0.25, 0.3) is 117 Å². The molecule has 13 N–H and O–H groups in total. The second-order valence-corrected chi connectivity index (χ2v) is 35.0. The Kier molecular flexibility index (Phi) is 26.9. The molecule has 37 heteroatoms. The molecular formula is C109H92ClFN26O9. The largest absolute Gasteiger partial charge is 0.495 e. The van der Waals surface area contributed by atoms with Gasteiger partial charge in [0.15, 0.2) is 34.6 Å². The van der Waals surface area contributed by atoms with Crippen LogP contribution in [0.4, 0.5) is 10.1 Å². The molecule has 146 heavy (non-hydrogen) atoms. The van der Waals surface area contributed by atoms with E-state index in [0.717, 1.165) is 182 Å². The van der Waals surface area contributed by atoms with Gasteiger partial charge >= 0.3 is 0 Å². The zero-order valence-corrected chi connectivity index (χ0v) is 79.8. The van der Waals surface area contributed by atoms with Gasteiger partial charge < -0.3 is 53.0 Å². The maximum absolute atomic E-state index is 13.7. The number of carbonyl (C=O) groups is 5. The number of nitrogens with two attached hydrogens (primary N) is 6. The lowest BCUT2D eigenvalue weighted by Gasteiger charge is -2.16. The second kappa shape index (κ2) is 41.0. The van der Waals surface area contributed by atoms with Crippen molar-refractivity contribution in [2.45, 2.75) is 39.3 Å². The number of H-pyrrole nitrogens is 1. The maximum Gasteiger partial charge on any atom is 0.272 e. The zero-order valence-electron chi connectivity index (χ0n) is 79.0. The molecule has 25 rings (SSSR count). The average molecular weight is 1960 g/mol. The molecule has 35 nitrogen and oxygen atoms in total. The fourth-order valence-corrected chi connectivity index (χ4v) is 18.4. The van der Waals surface area contributed by atoms with E-state index in [9.17, 15) is 33.2 Å². The van der Waals surface area contributed by atoms with Crippen molar-refractivity contribution in [3.05, 3.63) is 350 Å². The number of ether oxygens (including phenoxy) is 3. The molecule has 0 atom stereocenters. The van der Waals surface area contributed by atoms with Gasteiger partial charge in [-0.25, -0.2) is 44.2 Å². The number of aliphatic imine (C=N–C) groups is 5. The number of methoxy groups -OCH3 is 1. The summed E-state index contributed by atoms with van der Waals surface area (Å²) < 4.78 is 41.9. The number of imidazole rings is 6. The minimum Gasteiger partial charge on any atom is -0.495 e. The monoisotopic (exact) mass is 1960 g/mol. The SMILES string of the molecule is CCOc1ccc2ncc(-c3ccc4c(c3)C(CN)=NCC4=O)n2c1.COc1ccc2ncc(-c3ccc4c(c3)C(CN)=NCC4=O)n2c1.Cc1nc2ccc(F)cn2c1-c1ccc2c(c1)C(CN)=NCC2=O.NCC1=NCC(=O)c2ccc(-c3cnc4ccc(Cl)cn34)cc21.NCC1=NCC(=O)c2ccc(-c3cnc4ccc(OC5CC5)cn34)cc21.[C-]#[N+]c1ccn2c(-c3ccc4c(=O)[nH]nc(CN)c4c3)cnc2c1. The third-order valence-electron chi connectivity index (χ3n) is 25.7. The Labute approximate surface area is 836 Å². The Bertz CT molecular complexity index is 8850. The Balaban J connectivity index is 0.000000107. The van der Waals surface area contributed by atoms with Crippen LogP contribution in [0.3, 0.4) is 0 Å². The number of hydrogen-bond donors (Lipinski definition) is 7. The Morgan fingerprint density at radius 1 is 0.404 bits per heavy atom. The van der Waals surface area contributed by atoms with Crippen LogP contribution >= 0.6 is 11.6 Å². The molecule has 1 fully saturated rings. The van der Waals surface area contributed by atoms with Gasteiger partial charge in [-0.05, 0) is 172 Å². The number of halogens is 2. The third kappa shape index (κ3) is 18.9. The molecule has 0 unspecified atom stereocenters. The van der Waals surface area contributed by atoms with E-state index in [1.807, 2.05) is 219 Å². The van der Waals surface area contributed by atoms with Crippen molar-refractivity contribution in [3.8, 4) is 84.8 Å². The molecule has 1 saturated carbocycles. The van der Waals surface area contributed by atoms with Gasteiger partial charge in [-0.3, -0.25) is 75.7 Å². The van der Waals surface area contributed by atoms with E-state index in [0.29, 0.717) is 106 Å². The van der Waals surface area contributed by atoms with E-state index >= 15 is 0 Å². The van der Waals surface area contributed by atoms with Crippen LogP contribution in [-0.2, 0) is 6.54 Å². The molecule has 19 aromatic rings. The van der Waals surface area contributed by atoms with Crippen molar-refractivity contribution in [2.24, 2.45) is 59.4 Å². The quantitative estimate of drug-likeness (QED) is 0.0416. The zero-order chi connectivity index (χ0) is 101. The summed E-state index contributed by atoms with van der Waals surface area (Å²) >= 11 is 6.09. The number of carbonyl (C=O) groups excluding carboxylic acids is 5. The summed E-state index contributed by atoms with van der Waals surface area (Å²) in [6.45, 7) is 14.1. The number of rotatable bonds is 17. The number of benzene rings is 6. The van der Waals surface area contributed by atoms with Crippen molar-refractivity contribution < 1.29 is 42.6 Å². The molecule has 726 valence electrons. The van der Waals surface area contributed by atoms with Gasteiger partial charge in [-0.2, -0.15) is 5.10 Å². The molecule has 18 heterocycles. The van der Waals surface area contributed by atoms with Gasteiger partial charge in [0.2, 0.25) is 0 Å².